The molecular formula is C14H17N3O3. The number of nitrogens with zero attached hydrogens (tertiary/aromatic N) is 3. The Hall–Kier alpha value is -1.92. The molecule has 1 aromatic carbocycles. The highest BCUT2D eigenvalue weighted by molar-refractivity contribution is 5.47. The highest BCUT2D eigenvalue weighted by atomic mass is 16.5. The van der Waals surface area contributed by atoms with Crippen molar-refractivity contribution in [1.29, 1.82) is 0 Å². The number of methoxy groups -OCH3 is 1. The van der Waals surface area contributed by atoms with Crippen molar-refractivity contribution >= 4 is 0 Å². The van der Waals surface area contributed by atoms with Gasteiger partial charge in [0.15, 0.2) is 0 Å². The van der Waals surface area contributed by atoms with E-state index in [0.29, 0.717) is 11.4 Å². The number of para-hydroxylation sites is 2. The van der Waals surface area contributed by atoms with Gasteiger partial charge in [-0.25, -0.2) is 4.68 Å². The average molecular weight is 275 g/mol. The van der Waals surface area contributed by atoms with Crippen molar-refractivity contribution in [3.05, 3.63) is 35.7 Å². The molecule has 106 valence electrons. The van der Waals surface area contributed by atoms with E-state index in [0.717, 1.165) is 30.8 Å². The van der Waals surface area contributed by atoms with E-state index in [2.05, 4.69) is 10.3 Å². The number of hydrogen-bond donors (Lipinski definition) is 1. The molecule has 2 heterocycles. The third-order valence-corrected chi connectivity index (χ3v) is 3.48. The molecule has 1 aliphatic heterocycles. The number of ether oxygens (including phenoxy) is 2. The van der Waals surface area contributed by atoms with Crippen LogP contribution < -0.4 is 4.74 Å². The van der Waals surface area contributed by atoms with Crippen LogP contribution in [-0.2, 0) is 11.3 Å². The number of rotatable bonds is 4. The lowest BCUT2D eigenvalue weighted by atomic mass is 10.1. The molecule has 3 rings (SSSR count). The van der Waals surface area contributed by atoms with Crippen molar-refractivity contribution in [2.45, 2.75) is 25.6 Å². The normalized spacial score (nSPS) is 18.4. The molecule has 1 N–H and O–H groups in total. The van der Waals surface area contributed by atoms with Gasteiger partial charge in [0.1, 0.15) is 23.2 Å². The second kappa shape index (κ2) is 5.60. The van der Waals surface area contributed by atoms with Crippen molar-refractivity contribution in [2.75, 3.05) is 13.7 Å². The minimum Gasteiger partial charge on any atom is -0.494 e. The molecule has 6 heteroatoms. The average Bonchev–Trinajstić information content (AvgIpc) is 3.15. The maximum Gasteiger partial charge on any atom is 0.144 e. The molecule has 1 unspecified atom stereocenters. The quantitative estimate of drug-likeness (QED) is 0.918. The smallest absolute Gasteiger partial charge is 0.144 e. The van der Waals surface area contributed by atoms with Crippen LogP contribution in [0.1, 0.15) is 30.3 Å². The van der Waals surface area contributed by atoms with Crippen LogP contribution in [0.25, 0.3) is 5.69 Å². The van der Waals surface area contributed by atoms with Gasteiger partial charge in [0.2, 0.25) is 0 Å². The minimum absolute atomic E-state index is 0.0722. The van der Waals surface area contributed by atoms with Crippen LogP contribution in [0.5, 0.6) is 5.75 Å². The minimum atomic E-state index is -0.148. The zero-order valence-electron chi connectivity index (χ0n) is 11.3. The van der Waals surface area contributed by atoms with E-state index in [1.165, 1.54) is 0 Å². The Morgan fingerprint density at radius 1 is 1.45 bits per heavy atom. The molecular weight excluding hydrogens is 258 g/mol. The van der Waals surface area contributed by atoms with Gasteiger partial charge in [-0.3, -0.25) is 0 Å². The first kappa shape index (κ1) is 13.1. The van der Waals surface area contributed by atoms with E-state index in [1.807, 2.05) is 24.3 Å². The third-order valence-electron chi connectivity index (χ3n) is 3.48. The van der Waals surface area contributed by atoms with Crippen molar-refractivity contribution in [1.82, 2.24) is 15.0 Å². The predicted octanol–water partition coefficient (Wildman–Crippen LogP) is 1.62. The van der Waals surface area contributed by atoms with E-state index >= 15 is 0 Å². The predicted molar refractivity (Wildman–Crippen MR) is 71.8 cm³/mol. The highest BCUT2D eigenvalue weighted by Crippen LogP contribution is 2.33. The van der Waals surface area contributed by atoms with Crippen LogP contribution in [0.2, 0.25) is 0 Å². The molecule has 0 amide bonds. The molecule has 0 aliphatic carbocycles. The fraction of sp³-hybridized carbons (Fsp3) is 0.429. The lowest BCUT2D eigenvalue weighted by Gasteiger charge is -2.15. The Kier molecular flexibility index (Phi) is 3.66. The summed E-state index contributed by atoms with van der Waals surface area (Å²) in [5.74, 6) is 0.709. The molecule has 0 bridgehead atoms. The first-order chi connectivity index (χ1) is 9.85. The SMILES string of the molecule is COc1ccccc1-n1nnc(CO)c1C1CCCO1. The summed E-state index contributed by atoms with van der Waals surface area (Å²) in [4.78, 5) is 0. The fourth-order valence-corrected chi connectivity index (χ4v) is 2.53. The third kappa shape index (κ3) is 2.17. The number of aromatic nitrogens is 3. The van der Waals surface area contributed by atoms with Crippen molar-refractivity contribution in [3.8, 4) is 11.4 Å². The summed E-state index contributed by atoms with van der Waals surface area (Å²) in [6.45, 7) is 0.580. The van der Waals surface area contributed by atoms with Crippen LogP contribution in [0.3, 0.4) is 0 Å². The molecule has 1 aromatic heterocycles. The van der Waals surface area contributed by atoms with Gasteiger partial charge in [0.25, 0.3) is 0 Å². The topological polar surface area (TPSA) is 69.4 Å². The summed E-state index contributed by atoms with van der Waals surface area (Å²) in [7, 11) is 1.62. The van der Waals surface area contributed by atoms with Gasteiger partial charge in [-0.1, -0.05) is 17.3 Å². The molecule has 0 radical (unpaired) electrons. The Morgan fingerprint density at radius 2 is 2.30 bits per heavy atom. The zero-order valence-corrected chi connectivity index (χ0v) is 11.3. The molecule has 1 saturated heterocycles. The second-order valence-corrected chi connectivity index (χ2v) is 4.66. The van der Waals surface area contributed by atoms with Gasteiger partial charge in [0, 0.05) is 6.61 Å². The van der Waals surface area contributed by atoms with E-state index in [4.69, 9.17) is 9.47 Å². The number of benzene rings is 1. The molecule has 6 nitrogen and oxygen atoms in total. The fourth-order valence-electron chi connectivity index (χ4n) is 2.53. The highest BCUT2D eigenvalue weighted by Gasteiger charge is 2.27. The number of hydrogen-bond acceptors (Lipinski definition) is 5. The van der Waals surface area contributed by atoms with Crippen LogP contribution in [0.4, 0.5) is 0 Å². The van der Waals surface area contributed by atoms with Gasteiger partial charge >= 0.3 is 0 Å². The second-order valence-electron chi connectivity index (χ2n) is 4.66. The number of aliphatic hydroxyl groups excluding tert-OH is 1. The van der Waals surface area contributed by atoms with Gasteiger partial charge in [-0.05, 0) is 25.0 Å². The summed E-state index contributed by atoms with van der Waals surface area (Å²) < 4.78 is 12.8. The molecule has 0 saturated carbocycles. The summed E-state index contributed by atoms with van der Waals surface area (Å²) in [5, 5.41) is 17.7. The van der Waals surface area contributed by atoms with Gasteiger partial charge in [-0.2, -0.15) is 0 Å². The van der Waals surface area contributed by atoms with E-state index in [1.54, 1.807) is 11.8 Å². The van der Waals surface area contributed by atoms with E-state index < -0.39 is 0 Å². The van der Waals surface area contributed by atoms with E-state index in [-0.39, 0.29) is 12.7 Å². The molecule has 20 heavy (non-hydrogen) atoms. The lowest BCUT2D eigenvalue weighted by molar-refractivity contribution is 0.104. The first-order valence-electron chi connectivity index (χ1n) is 6.65. The molecule has 2 aromatic rings. The van der Waals surface area contributed by atoms with Crippen LogP contribution in [0.15, 0.2) is 24.3 Å². The van der Waals surface area contributed by atoms with Crippen molar-refractivity contribution < 1.29 is 14.6 Å². The Balaban J connectivity index is 2.11. The summed E-state index contributed by atoms with van der Waals surface area (Å²) in [6, 6.07) is 7.59. The Morgan fingerprint density at radius 3 is 3.00 bits per heavy atom. The van der Waals surface area contributed by atoms with Crippen LogP contribution >= 0.6 is 0 Å². The standard InChI is InChI=1S/C14H17N3O3/c1-19-12-6-3-2-5-11(12)17-14(10(9-18)15-16-17)13-7-4-8-20-13/h2-3,5-6,13,18H,4,7-9H2,1H3. The molecule has 1 aliphatic rings. The number of aliphatic hydroxyl groups is 1. The van der Waals surface area contributed by atoms with E-state index in [9.17, 15) is 5.11 Å². The van der Waals surface area contributed by atoms with Crippen molar-refractivity contribution in [2.24, 2.45) is 0 Å². The Labute approximate surface area is 116 Å². The summed E-state index contributed by atoms with van der Waals surface area (Å²) in [6.07, 6.45) is 1.85. The Bertz CT molecular complexity index is 591. The molecule has 1 fully saturated rings. The van der Waals surface area contributed by atoms with Gasteiger partial charge < -0.3 is 14.6 Å². The van der Waals surface area contributed by atoms with Gasteiger partial charge in [0.05, 0.1) is 19.4 Å². The largest absolute Gasteiger partial charge is 0.494 e. The molecule has 1 atom stereocenters. The summed E-state index contributed by atoms with van der Waals surface area (Å²) in [5.41, 5.74) is 2.17. The van der Waals surface area contributed by atoms with Crippen molar-refractivity contribution in [3.63, 3.8) is 0 Å². The zero-order chi connectivity index (χ0) is 13.9. The maximum atomic E-state index is 9.46. The van der Waals surface area contributed by atoms with Crippen LogP contribution in [-0.4, -0.2) is 33.8 Å². The summed E-state index contributed by atoms with van der Waals surface area (Å²) >= 11 is 0. The maximum absolute atomic E-state index is 9.46. The monoisotopic (exact) mass is 275 g/mol. The van der Waals surface area contributed by atoms with Gasteiger partial charge in [-0.15, -0.1) is 5.10 Å². The molecule has 0 spiro atoms. The first-order valence-corrected chi connectivity index (χ1v) is 6.65. The lowest BCUT2D eigenvalue weighted by Crippen LogP contribution is -2.10. The van der Waals surface area contributed by atoms with Crippen LogP contribution in [0, 0.1) is 0 Å².